The minimum atomic E-state index is -5.92. The Labute approximate surface area is 72.4 Å². The van der Waals surface area contributed by atoms with Crippen molar-refractivity contribution in [3.63, 3.8) is 0 Å². The first-order valence-corrected chi connectivity index (χ1v) is 3.17. The number of rotatable bonds is 0. The summed E-state index contributed by atoms with van der Waals surface area (Å²) in [6, 6.07) is 0. The summed E-state index contributed by atoms with van der Waals surface area (Å²) >= 11 is 4.62. The summed E-state index contributed by atoms with van der Waals surface area (Å²) < 4.78 is 78.3. The lowest BCUT2D eigenvalue weighted by molar-refractivity contribution is -0.393. The van der Waals surface area contributed by atoms with E-state index < -0.39 is 23.9 Å². The second kappa shape index (κ2) is 2.64. The molecule has 0 bridgehead atoms. The predicted molar refractivity (Wildman–Crippen MR) is 26.7 cm³/mol. The molecule has 0 aliphatic carbocycles. The van der Waals surface area contributed by atoms with Crippen molar-refractivity contribution in [2.45, 2.75) is 23.9 Å². The molecule has 1 heterocycles. The Bertz CT molecular complexity index is 217. The van der Waals surface area contributed by atoms with Gasteiger partial charge >= 0.3 is 18.1 Å². The van der Waals surface area contributed by atoms with Crippen LogP contribution in [0.3, 0.4) is 0 Å². The molecule has 0 amide bonds. The SMILES string of the molecule is FC(F)(F)C1(F)OC(Cl)OC1(F)F. The van der Waals surface area contributed by atoms with Crippen molar-refractivity contribution < 1.29 is 35.8 Å². The lowest BCUT2D eigenvalue weighted by atomic mass is 10.3. The van der Waals surface area contributed by atoms with Gasteiger partial charge in [-0.15, -0.1) is 0 Å². The number of hydrogen-bond donors (Lipinski definition) is 0. The molecule has 0 radical (unpaired) electrons. The summed E-state index contributed by atoms with van der Waals surface area (Å²) in [5.74, 6) is -7.66. The van der Waals surface area contributed by atoms with Gasteiger partial charge in [-0.1, -0.05) is 11.6 Å². The van der Waals surface area contributed by atoms with Crippen molar-refractivity contribution in [1.29, 1.82) is 0 Å². The summed E-state index contributed by atoms with van der Waals surface area (Å²) in [5.41, 5.74) is 0. The first kappa shape index (κ1) is 10.9. The van der Waals surface area contributed by atoms with Crippen molar-refractivity contribution >= 4 is 11.6 Å². The quantitative estimate of drug-likeness (QED) is 0.470. The Balaban J connectivity index is 3.03. The highest BCUT2D eigenvalue weighted by atomic mass is 35.5. The first-order chi connectivity index (χ1) is 5.60. The van der Waals surface area contributed by atoms with Crippen LogP contribution in [0.2, 0.25) is 0 Å². The monoisotopic (exact) mass is 230 g/mol. The molecule has 0 aromatic carbocycles. The zero-order chi connectivity index (χ0) is 10.5. The van der Waals surface area contributed by atoms with Gasteiger partial charge in [-0.2, -0.15) is 26.3 Å². The predicted octanol–water partition coefficient (Wildman–Crippen LogP) is 2.38. The summed E-state index contributed by atoms with van der Waals surface area (Å²) in [6.07, 6.45) is -11.1. The van der Waals surface area contributed by atoms with Gasteiger partial charge in [0.15, 0.2) is 0 Å². The fourth-order valence-corrected chi connectivity index (χ4v) is 0.879. The third kappa shape index (κ3) is 1.46. The van der Waals surface area contributed by atoms with Crippen LogP contribution in [0.1, 0.15) is 0 Å². The van der Waals surface area contributed by atoms with E-state index in [0.717, 1.165) is 0 Å². The topological polar surface area (TPSA) is 18.5 Å². The van der Waals surface area contributed by atoms with Gasteiger partial charge < -0.3 is 0 Å². The Hall–Kier alpha value is -0.210. The molecule has 0 aromatic rings. The molecular weight excluding hydrogens is 229 g/mol. The van der Waals surface area contributed by atoms with Gasteiger partial charge in [-0.05, 0) is 0 Å². The Kier molecular flexibility index (Phi) is 2.21. The van der Waals surface area contributed by atoms with Crippen molar-refractivity contribution in [3.05, 3.63) is 0 Å². The van der Waals surface area contributed by atoms with Gasteiger partial charge in [0.25, 0.3) is 0 Å². The van der Waals surface area contributed by atoms with E-state index in [2.05, 4.69) is 21.1 Å². The van der Waals surface area contributed by atoms with Crippen molar-refractivity contribution in [2.75, 3.05) is 0 Å². The van der Waals surface area contributed by atoms with E-state index in [1.54, 1.807) is 0 Å². The van der Waals surface area contributed by atoms with E-state index in [9.17, 15) is 26.3 Å². The highest BCUT2D eigenvalue weighted by Crippen LogP contribution is 2.52. The Morgan fingerprint density at radius 1 is 1.08 bits per heavy atom. The molecule has 0 spiro atoms. The van der Waals surface area contributed by atoms with E-state index in [1.807, 2.05) is 0 Å². The van der Waals surface area contributed by atoms with Crippen LogP contribution >= 0.6 is 11.6 Å². The number of alkyl halides is 7. The van der Waals surface area contributed by atoms with Crippen LogP contribution in [0.5, 0.6) is 0 Å². The average molecular weight is 230 g/mol. The average Bonchev–Trinajstić information content (AvgIpc) is 2.00. The van der Waals surface area contributed by atoms with Crippen LogP contribution in [-0.4, -0.2) is 23.9 Å². The molecule has 0 N–H and O–H groups in total. The Morgan fingerprint density at radius 3 is 1.69 bits per heavy atom. The molecule has 2 atom stereocenters. The van der Waals surface area contributed by atoms with Crippen molar-refractivity contribution in [3.8, 4) is 0 Å². The zero-order valence-electron chi connectivity index (χ0n) is 5.54. The number of ether oxygens (including phenoxy) is 2. The largest absolute Gasteiger partial charge is 0.458 e. The molecule has 0 saturated carbocycles. The molecule has 1 rings (SSSR count). The van der Waals surface area contributed by atoms with Crippen LogP contribution in [0.4, 0.5) is 26.3 Å². The van der Waals surface area contributed by atoms with Gasteiger partial charge in [0, 0.05) is 0 Å². The highest BCUT2D eigenvalue weighted by molar-refractivity contribution is 6.18. The fourth-order valence-electron chi connectivity index (χ4n) is 0.644. The second-order valence-corrected chi connectivity index (χ2v) is 2.48. The van der Waals surface area contributed by atoms with E-state index in [-0.39, 0.29) is 0 Å². The first-order valence-electron chi connectivity index (χ1n) is 2.73. The third-order valence-electron chi connectivity index (χ3n) is 1.23. The maximum absolute atomic E-state index is 12.5. The summed E-state index contributed by atoms with van der Waals surface area (Å²) in [5, 5.41) is 0. The van der Waals surface area contributed by atoms with Gasteiger partial charge in [0.1, 0.15) is 0 Å². The molecular formula is C4HClF6O2. The number of hydrogen-bond acceptors (Lipinski definition) is 2. The Morgan fingerprint density at radius 2 is 1.54 bits per heavy atom. The van der Waals surface area contributed by atoms with Crippen LogP contribution in [0.15, 0.2) is 0 Å². The zero-order valence-corrected chi connectivity index (χ0v) is 6.30. The van der Waals surface area contributed by atoms with Crippen LogP contribution < -0.4 is 0 Å². The molecule has 13 heavy (non-hydrogen) atoms. The van der Waals surface area contributed by atoms with E-state index in [1.165, 1.54) is 0 Å². The van der Waals surface area contributed by atoms with E-state index in [0.29, 0.717) is 0 Å². The van der Waals surface area contributed by atoms with E-state index >= 15 is 0 Å². The lowest BCUT2D eigenvalue weighted by Gasteiger charge is -2.24. The van der Waals surface area contributed by atoms with Crippen LogP contribution in [0, 0.1) is 0 Å². The summed E-state index contributed by atoms with van der Waals surface area (Å²) in [4.78, 5) is 0. The number of halogens is 7. The minimum absolute atomic E-state index is 2.47. The van der Waals surface area contributed by atoms with Gasteiger partial charge in [-0.25, -0.2) is 0 Å². The van der Waals surface area contributed by atoms with Gasteiger partial charge in [0.05, 0.1) is 0 Å². The van der Waals surface area contributed by atoms with Gasteiger partial charge in [-0.3, -0.25) is 9.47 Å². The van der Waals surface area contributed by atoms with Crippen molar-refractivity contribution in [2.24, 2.45) is 0 Å². The standard InChI is InChI=1S/C4HClF6O2/c5-1-12-2(6,3(7,8)9)4(10,11)13-1/h1H. The minimum Gasteiger partial charge on any atom is -0.288 e. The molecule has 0 aromatic heterocycles. The van der Waals surface area contributed by atoms with Crippen molar-refractivity contribution in [1.82, 2.24) is 0 Å². The highest BCUT2D eigenvalue weighted by Gasteiger charge is 2.79. The molecule has 2 nitrogen and oxygen atoms in total. The molecule has 1 saturated heterocycles. The fraction of sp³-hybridized carbons (Fsp3) is 1.00. The van der Waals surface area contributed by atoms with Gasteiger partial charge in [0.2, 0.25) is 5.75 Å². The molecule has 78 valence electrons. The normalized spacial score (nSPS) is 39.5. The smallest absolute Gasteiger partial charge is 0.288 e. The third-order valence-corrected chi connectivity index (χ3v) is 1.41. The lowest BCUT2D eigenvalue weighted by Crippen LogP contribution is -2.53. The maximum Gasteiger partial charge on any atom is 0.458 e. The van der Waals surface area contributed by atoms with Crippen LogP contribution in [-0.2, 0) is 9.47 Å². The molecule has 1 aliphatic rings. The van der Waals surface area contributed by atoms with E-state index in [4.69, 9.17) is 0 Å². The second-order valence-electron chi connectivity index (χ2n) is 2.12. The summed E-state index contributed by atoms with van der Waals surface area (Å²) in [6.45, 7) is 0. The molecule has 2 unspecified atom stereocenters. The molecule has 1 aliphatic heterocycles. The maximum atomic E-state index is 12.5. The van der Waals surface area contributed by atoms with Crippen LogP contribution in [0.25, 0.3) is 0 Å². The molecule has 1 fully saturated rings. The summed E-state index contributed by atoms with van der Waals surface area (Å²) in [7, 11) is 0. The molecule has 9 heteroatoms.